The van der Waals surface area contributed by atoms with Crippen LogP contribution in [0.1, 0.15) is 31.9 Å². The van der Waals surface area contributed by atoms with Gasteiger partial charge in [0.25, 0.3) is 6.01 Å². The summed E-state index contributed by atoms with van der Waals surface area (Å²) in [6.07, 6.45) is 0. The molecule has 0 spiro atoms. The van der Waals surface area contributed by atoms with Gasteiger partial charge in [-0.3, -0.25) is 0 Å². The van der Waals surface area contributed by atoms with Crippen LogP contribution in [0.15, 0.2) is 46.9 Å². The lowest BCUT2D eigenvalue weighted by Crippen LogP contribution is -2.10. The third-order valence-electron chi connectivity index (χ3n) is 3.60. The Labute approximate surface area is 135 Å². The minimum atomic E-state index is 0.0222. The van der Waals surface area contributed by atoms with Crippen LogP contribution >= 0.6 is 11.6 Å². The average Bonchev–Trinajstić information content (AvgIpc) is 2.89. The number of anilines is 1. The van der Waals surface area contributed by atoms with Gasteiger partial charge in [0.2, 0.25) is 0 Å². The van der Waals surface area contributed by atoms with Crippen LogP contribution in [-0.4, -0.2) is 4.98 Å². The van der Waals surface area contributed by atoms with Gasteiger partial charge in [0.05, 0.1) is 5.02 Å². The quantitative estimate of drug-likeness (QED) is 0.704. The number of aromatic nitrogens is 1. The first-order valence-corrected chi connectivity index (χ1v) is 7.69. The molecule has 0 atom stereocenters. The van der Waals surface area contributed by atoms with Crippen molar-refractivity contribution in [3.05, 3.63) is 58.6 Å². The molecule has 4 heteroatoms. The zero-order valence-electron chi connectivity index (χ0n) is 13.0. The summed E-state index contributed by atoms with van der Waals surface area (Å²) in [6, 6.07) is 14.6. The molecule has 0 saturated heterocycles. The summed E-state index contributed by atoms with van der Waals surface area (Å²) < 4.78 is 5.73. The van der Waals surface area contributed by atoms with E-state index in [4.69, 9.17) is 16.0 Å². The molecule has 1 heterocycles. The second-order valence-corrected chi connectivity index (χ2v) is 6.82. The summed E-state index contributed by atoms with van der Waals surface area (Å²) >= 11 is 6.34. The number of nitrogens with zero attached hydrogens (tertiary/aromatic N) is 1. The van der Waals surface area contributed by atoms with E-state index in [9.17, 15) is 0 Å². The smallest absolute Gasteiger partial charge is 0.296 e. The second-order valence-electron chi connectivity index (χ2n) is 6.41. The minimum absolute atomic E-state index is 0.0222. The summed E-state index contributed by atoms with van der Waals surface area (Å²) in [5, 5.41) is 3.80. The molecule has 0 unspecified atom stereocenters. The molecule has 3 nitrogen and oxygen atoms in total. The number of nitrogens with one attached hydrogen (secondary N) is 1. The van der Waals surface area contributed by atoms with Crippen LogP contribution < -0.4 is 5.32 Å². The number of hydrogen-bond donors (Lipinski definition) is 1. The molecule has 0 aliphatic carbocycles. The van der Waals surface area contributed by atoms with Crippen molar-refractivity contribution in [1.29, 1.82) is 0 Å². The highest BCUT2D eigenvalue weighted by atomic mass is 35.5. The lowest BCUT2D eigenvalue weighted by atomic mass is 9.87. The molecule has 0 saturated carbocycles. The minimum Gasteiger partial charge on any atom is -0.422 e. The Hall–Kier alpha value is -2.00. The van der Waals surface area contributed by atoms with Crippen molar-refractivity contribution in [2.24, 2.45) is 0 Å². The molecule has 22 heavy (non-hydrogen) atoms. The Morgan fingerprint density at radius 1 is 1.14 bits per heavy atom. The van der Waals surface area contributed by atoms with Gasteiger partial charge in [-0.2, -0.15) is 4.98 Å². The molecule has 3 rings (SSSR count). The summed E-state index contributed by atoms with van der Waals surface area (Å²) in [6.45, 7) is 7.12. The zero-order chi connectivity index (χ0) is 15.7. The van der Waals surface area contributed by atoms with Crippen molar-refractivity contribution >= 4 is 28.7 Å². The molecule has 2 aromatic carbocycles. The molecule has 0 bridgehead atoms. The first-order valence-electron chi connectivity index (χ1n) is 7.32. The van der Waals surface area contributed by atoms with Gasteiger partial charge in [-0.05, 0) is 28.7 Å². The molecule has 0 aliphatic rings. The molecular formula is C18H19ClN2O. The maximum Gasteiger partial charge on any atom is 0.296 e. The lowest BCUT2D eigenvalue weighted by Gasteiger charge is -2.18. The highest BCUT2D eigenvalue weighted by Gasteiger charge is 2.18. The molecular weight excluding hydrogens is 296 g/mol. The number of hydrogen-bond acceptors (Lipinski definition) is 3. The molecule has 1 N–H and O–H groups in total. The van der Waals surface area contributed by atoms with E-state index in [2.05, 4.69) is 43.2 Å². The third kappa shape index (κ3) is 3.09. The maximum atomic E-state index is 6.34. The van der Waals surface area contributed by atoms with Gasteiger partial charge in [0.1, 0.15) is 5.52 Å². The van der Waals surface area contributed by atoms with Gasteiger partial charge in [0.15, 0.2) is 5.58 Å². The van der Waals surface area contributed by atoms with Crippen LogP contribution in [0.2, 0.25) is 5.02 Å². The first-order chi connectivity index (χ1) is 10.4. The fourth-order valence-corrected chi connectivity index (χ4v) is 2.53. The molecule has 0 radical (unpaired) electrons. The van der Waals surface area contributed by atoms with Crippen molar-refractivity contribution in [3.8, 4) is 0 Å². The number of rotatable bonds is 3. The number of oxazole rings is 1. The van der Waals surface area contributed by atoms with Gasteiger partial charge in [-0.15, -0.1) is 0 Å². The third-order valence-corrected chi connectivity index (χ3v) is 3.88. The second kappa shape index (κ2) is 5.65. The van der Waals surface area contributed by atoms with E-state index < -0.39 is 0 Å². The first kappa shape index (κ1) is 14.9. The Morgan fingerprint density at radius 3 is 2.55 bits per heavy atom. The van der Waals surface area contributed by atoms with Crippen LogP contribution in [0.5, 0.6) is 0 Å². The van der Waals surface area contributed by atoms with Crippen LogP contribution in [0.4, 0.5) is 6.01 Å². The highest BCUT2D eigenvalue weighted by Crippen LogP contribution is 2.33. The molecule has 3 aromatic rings. The number of fused-ring (bicyclic) bond motifs is 1. The largest absolute Gasteiger partial charge is 0.422 e. The lowest BCUT2D eigenvalue weighted by molar-refractivity contribution is 0.590. The fraction of sp³-hybridized carbons (Fsp3) is 0.278. The molecule has 1 aromatic heterocycles. The van der Waals surface area contributed by atoms with Gasteiger partial charge in [-0.25, -0.2) is 0 Å². The van der Waals surface area contributed by atoms with E-state index in [1.807, 2.05) is 30.3 Å². The van der Waals surface area contributed by atoms with Crippen LogP contribution in [0, 0.1) is 0 Å². The zero-order valence-corrected chi connectivity index (χ0v) is 13.7. The molecule has 0 aliphatic heterocycles. The highest BCUT2D eigenvalue weighted by molar-refractivity contribution is 6.34. The monoisotopic (exact) mass is 314 g/mol. The maximum absolute atomic E-state index is 6.34. The fourth-order valence-electron chi connectivity index (χ4n) is 2.27. The topological polar surface area (TPSA) is 38.1 Å². The van der Waals surface area contributed by atoms with Crippen LogP contribution in [0.25, 0.3) is 11.1 Å². The van der Waals surface area contributed by atoms with E-state index in [1.54, 1.807) is 0 Å². The summed E-state index contributed by atoms with van der Waals surface area (Å²) in [4.78, 5) is 4.50. The van der Waals surface area contributed by atoms with Crippen molar-refractivity contribution in [2.45, 2.75) is 32.7 Å². The van der Waals surface area contributed by atoms with Gasteiger partial charge < -0.3 is 9.73 Å². The van der Waals surface area contributed by atoms with E-state index in [0.717, 1.165) is 11.1 Å². The summed E-state index contributed by atoms with van der Waals surface area (Å²) in [5.74, 6) is 0. The van der Waals surface area contributed by atoms with E-state index >= 15 is 0 Å². The van der Waals surface area contributed by atoms with E-state index in [0.29, 0.717) is 23.2 Å². The van der Waals surface area contributed by atoms with E-state index in [1.165, 1.54) is 5.56 Å². The van der Waals surface area contributed by atoms with Crippen molar-refractivity contribution in [1.82, 2.24) is 4.98 Å². The van der Waals surface area contributed by atoms with Crippen LogP contribution in [-0.2, 0) is 12.0 Å². The Bertz CT molecular complexity index is 788. The number of halogens is 1. The van der Waals surface area contributed by atoms with Crippen molar-refractivity contribution in [2.75, 3.05) is 5.32 Å². The predicted molar refractivity (Wildman–Crippen MR) is 91.5 cm³/mol. The van der Waals surface area contributed by atoms with E-state index in [-0.39, 0.29) is 5.41 Å². The Balaban J connectivity index is 1.88. The molecule has 0 amide bonds. The van der Waals surface area contributed by atoms with Crippen molar-refractivity contribution < 1.29 is 4.42 Å². The summed E-state index contributed by atoms with van der Waals surface area (Å²) in [5.41, 5.74) is 3.76. The van der Waals surface area contributed by atoms with Crippen LogP contribution in [0.3, 0.4) is 0 Å². The molecule has 114 valence electrons. The SMILES string of the molecule is CC(C)(C)c1cc(Cl)c2oc(NCc3ccccc3)nc2c1. The van der Waals surface area contributed by atoms with Gasteiger partial charge in [0, 0.05) is 6.54 Å². The molecule has 0 fully saturated rings. The predicted octanol–water partition coefficient (Wildman–Crippen LogP) is 5.39. The summed E-state index contributed by atoms with van der Waals surface area (Å²) in [7, 11) is 0. The Morgan fingerprint density at radius 2 is 1.86 bits per heavy atom. The van der Waals surface area contributed by atoms with Gasteiger partial charge >= 0.3 is 0 Å². The normalized spacial score (nSPS) is 11.8. The van der Waals surface area contributed by atoms with Crippen molar-refractivity contribution in [3.63, 3.8) is 0 Å². The Kier molecular flexibility index (Phi) is 3.83. The number of benzene rings is 2. The van der Waals surface area contributed by atoms with Gasteiger partial charge in [-0.1, -0.05) is 62.7 Å². The average molecular weight is 315 g/mol. The standard InChI is InChI=1S/C18H19ClN2O/c1-18(2,3)13-9-14(19)16-15(10-13)21-17(22-16)20-11-12-7-5-4-6-8-12/h4-10H,11H2,1-3H3,(H,20,21).